The first kappa shape index (κ1) is 10.1. The van der Waals surface area contributed by atoms with Gasteiger partial charge in [-0.3, -0.25) is 0 Å². The number of imidazole rings is 1. The number of ether oxygens (including phenoxy) is 1. The molecule has 0 amide bonds. The molecule has 0 aliphatic heterocycles. The molecule has 4 nitrogen and oxygen atoms in total. The van der Waals surface area contributed by atoms with Gasteiger partial charge in [0.25, 0.3) is 6.01 Å². The van der Waals surface area contributed by atoms with Crippen LogP contribution < -0.4 is 10.5 Å². The van der Waals surface area contributed by atoms with Gasteiger partial charge in [-0.05, 0) is 13.3 Å². The van der Waals surface area contributed by atoms with Crippen LogP contribution in [0, 0.1) is 0 Å². The number of nitrogens with zero attached hydrogens (tertiary/aromatic N) is 1. The Morgan fingerprint density at radius 3 is 3.00 bits per heavy atom. The second-order valence-electron chi connectivity index (χ2n) is 2.97. The SMILES string of the molecule is CCCC(N)c1cnc(OCC)[nH]1. The van der Waals surface area contributed by atoms with Crippen molar-refractivity contribution >= 4 is 0 Å². The minimum Gasteiger partial charge on any atom is -0.465 e. The van der Waals surface area contributed by atoms with E-state index in [9.17, 15) is 0 Å². The topological polar surface area (TPSA) is 63.9 Å². The van der Waals surface area contributed by atoms with E-state index < -0.39 is 0 Å². The Morgan fingerprint density at radius 2 is 2.38 bits per heavy atom. The van der Waals surface area contributed by atoms with Crippen LogP contribution in [0.3, 0.4) is 0 Å². The summed E-state index contributed by atoms with van der Waals surface area (Å²) in [5, 5.41) is 0. The lowest BCUT2D eigenvalue weighted by molar-refractivity contribution is 0.315. The molecule has 0 fully saturated rings. The van der Waals surface area contributed by atoms with Crippen LogP contribution >= 0.6 is 0 Å². The van der Waals surface area contributed by atoms with E-state index in [1.54, 1.807) is 6.20 Å². The Hall–Kier alpha value is -1.03. The summed E-state index contributed by atoms with van der Waals surface area (Å²) in [5.41, 5.74) is 6.84. The van der Waals surface area contributed by atoms with Gasteiger partial charge in [0, 0.05) is 6.04 Å². The summed E-state index contributed by atoms with van der Waals surface area (Å²) in [6.45, 7) is 4.66. The quantitative estimate of drug-likeness (QED) is 0.729. The number of rotatable bonds is 5. The number of hydrogen-bond donors (Lipinski definition) is 2. The second-order valence-corrected chi connectivity index (χ2v) is 2.97. The first-order valence-corrected chi connectivity index (χ1v) is 4.71. The third kappa shape index (κ3) is 2.73. The molecule has 1 unspecified atom stereocenters. The molecule has 1 atom stereocenters. The molecular formula is C9H17N3O. The van der Waals surface area contributed by atoms with Crippen molar-refractivity contribution in [3.63, 3.8) is 0 Å². The minimum atomic E-state index is 0.0479. The first-order valence-electron chi connectivity index (χ1n) is 4.71. The molecular weight excluding hydrogens is 166 g/mol. The fourth-order valence-electron chi connectivity index (χ4n) is 1.18. The smallest absolute Gasteiger partial charge is 0.293 e. The van der Waals surface area contributed by atoms with E-state index in [0.29, 0.717) is 12.6 Å². The van der Waals surface area contributed by atoms with Gasteiger partial charge in [-0.15, -0.1) is 0 Å². The highest BCUT2D eigenvalue weighted by atomic mass is 16.5. The maximum Gasteiger partial charge on any atom is 0.293 e. The van der Waals surface area contributed by atoms with Crippen LogP contribution in [0.2, 0.25) is 0 Å². The van der Waals surface area contributed by atoms with Crippen molar-refractivity contribution in [2.24, 2.45) is 5.73 Å². The monoisotopic (exact) mass is 183 g/mol. The summed E-state index contributed by atoms with van der Waals surface area (Å²) in [6.07, 6.45) is 3.78. The van der Waals surface area contributed by atoms with Gasteiger partial charge in [0.2, 0.25) is 0 Å². The van der Waals surface area contributed by atoms with Crippen LogP contribution in [-0.2, 0) is 0 Å². The predicted molar refractivity (Wildman–Crippen MR) is 51.6 cm³/mol. The Bertz CT molecular complexity index is 247. The Kier molecular flexibility index (Phi) is 3.76. The molecule has 1 aromatic rings. The van der Waals surface area contributed by atoms with E-state index in [1.807, 2.05) is 6.92 Å². The molecule has 0 aliphatic rings. The molecule has 0 bridgehead atoms. The molecule has 4 heteroatoms. The highest BCUT2D eigenvalue weighted by Gasteiger charge is 2.08. The summed E-state index contributed by atoms with van der Waals surface area (Å²) in [5.74, 6) is 0. The van der Waals surface area contributed by atoms with Crippen molar-refractivity contribution in [1.82, 2.24) is 9.97 Å². The molecule has 1 heterocycles. The highest BCUT2D eigenvalue weighted by Crippen LogP contribution is 2.15. The van der Waals surface area contributed by atoms with E-state index in [0.717, 1.165) is 18.5 Å². The van der Waals surface area contributed by atoms with Crippen molar-refractivity contribution in [3.8, 4) is 6.01 Å². The Morgan fingerprint density at radius 1 is 1.62 bits per heavy atom. The summed E-state index contributed by atoms with van der Waals surface area (Å²) >= 11 is 0. The van der Waals surface area contributed by atoms with Crippen LogP contribution in [-0.4, -0.2) is 16.6 Å². The van der Waals surface area contributed by atoms with Gasteiger partial charge in [0.05, 0.1) is 18.5 Å². The zero-order valence-corrected chi connectivity index (χ0v) is 8.21. The number of aromatic amines is 1. The van der Waals surface area contributed by atoms with Gasteiger partial charge in [-0.1, -0.05) is 13.3 Å². The number of H-pyrrole nitrogens is 1. The lowest BCUT2D eigenvalue weighted by Gasteiger charge is -2.06. The molecule has 1 rings (SSSR count). The highest BCUT2D eigenvalue weighted by molar-refractivity contribution is 5.09. The molecule has 3 N–H and O–H groups in total. The maximum absolute atomic E-state index is 5.89. The van der Waals surface area contributed by atoms with Crippen molar-refractivity contribution < 1.29 is 4.74 Å². The first-order chi connectivity index (χ1) is 6.27. The van der Waals surface area contributed by atoms with Crippen LogP contribution in [0.1, 0.15) is 38.4 Å². The normalized spacial score (nSPS) is 12.8. The number of nitrogens with two attached hydrogens (primary N) is 1. The van der Waals surface area contributed by atoms with Crippen molar-refractivity contribution in [2.75, 3.05) is 6.61 Å². The number of hydrogen-bond acceptors (Lipinski definition) is 3. The van der Waals surface area contributed by atoms with Crippen LogP contribution in [0.4, 0.5) is 0 Å². The number of nitrogens with one attached hydrogen (secondary N) is 1. The van der Waals surface area contributed by atoms with Crippen LogP contribution in [0.15, 0.2) is 6.20 Å². The Labute approximate surface area is 78.5 Å². The fourth-order valence-corrected chi connectivity index (χ4v) is 1.18. The van der Waals surface area contributed by atoms with E-state index in [2.05, 4.69) is 16.9 Å². The van der Waals surface area contributed by atoms with E-state index in [1.165, 1.54) is 0 Å². The predicted octanol–water partition coefficient (Wildman–Crippen LogP) is 1.61. The molecule has 0 radical (unpaired) electrons. The zero-order valence-electron chi connectivity index (χ0n) is 8.21. The largest absolute Gasteiger partial charge is 0.465 e. The molecule has 0 spiro atoms. The average molecular weight is 183 g/mol. The molecule has 0 aromatic carbocycles. The van der Waals surface area contributed by atoms with Crippen LogP contribution in [0.25, 0.3) is 0 Å². The standard InChI is InChI=1S/C9H17N3O/c1-3-5-7(10)8-6-11-9(12-8)13-4-2/h6-7H,3-5,10H2,1-2H3,(H,11,12). The number of aromatic nitrogens is 2. The second kappa shape index (κ2) is 4.87. The van der Waals surface area contributed by atoms with Gasteiger partial charge in [-0.2, -0.15) is 0 Å². The van der Waals surface area contributed by atoms with Gasteiger partial charge in [0.1, 0.15) is 0 Å². The third-order valence-corrected chi connectivity index (χ3v) is 1.85. The molecule has 0 saturated heterocycles. The van der Waals surface area contributed by atoms with Gasteiger partial charge in [-0.25, -0.2) is 4.98 Å². The summed E-state index contributed by atoms with van der Waals surface area (Å²) in [6, 6.07) is 0.607. The van der Waals surface area contributed by atoms with Crippen molar-refractivity contribution in [3.05, 3.63) is 11.9 Å². The van der Waals surface area contributed by atoms with Crippen molar-refractivity contribution in [1.29, 1.82) is 0 Å². The third-order valence-electron chi connectivity index (χ3n) is 1.85. The summed E-state index contributed by atoms with van der Waals surface area (Å²) in [4.78, 5) is 7.09. The minimum absolute atomic E-state index is 0.0479. The lowest BCUT2D eigenvalue weighted by Crippen LogP contribution is -2.09. The van der Waals surface area contributed by atoms with Gasteiger partial charge < -0.3 is 15.5 Å². The molecule has 74 valence electrons. The van der Waals surface area contributed by atoms with Gasteiger partial charge in [0.15, 0.2) is 0 Å². The summed E-state index contributed by atoms with van der Waals surface area (Å²) in [7, 11) is 0. The molecule has 1 aromatic heterocycles. The van der Waals surface area contributed by atoms with Crippen LogP contribution in [0.5, 0.6) is 6.01 Å². The zero-order chi connectivity index (χ0) is 9.68. The van der Waals surface area contributed by atoms with E-state index in [4.69, 9.17) is 10.5 Å². The fraction of sp³-hybridized carbons (Fsp3) is 0.667. The molecule has 0 saturated carbocycles. The van der Waals surface area contributed by atoms with Crippen molar-refractivity contribution in [2.45, 2.75) is 32.7 Å². The van der Waals surface area contributed by atoms with Gasteiger partial charge >= 0.3 is 0 Å². The molecule has 0 aliphatic carbocycles. The lowest BCUT2D eigenvalue weighted by atomic mass is 10.1. The average Bonchev–Trinajstić information content (AvgIpc) is 2.54. The Balaban J connectivity index is 2.56. The van der Waals surface area contributed by atoms with E-state index in [-0.39, 0.29) is 6.04 Å². The van der Waals surface area contributed by atoms with E-state index >= 15 is 0 Å². The molecule has 13 heavy (non-hydrogen) atoms. The maximum atomic E-state index is 5.89. The summed E-state index contributed by atoms with van der Waals surface area (Å²) < 4.78 is 5.19.